The lowest BCUT2D eigenvalue weighted by Crippen LogP contribution is -2.13. The molecule has 1 N–H and O–H groups in total. The van der Waals surface area contributed by atoms with Crippen LogP contribution in [0.4, 0.5) is 0 Å². The molecule has 1 aromatic carbocycles. The average molecular weight is 202 g/mol. The van der Waals surface area contributed by atoms with Gasteiger partial charge >= 0.3 is 0 Å². The first-order chi connectivity index (χ1) is 7.34. The van der Waals surface area contributed by atoms with Crippen LogP contribution in [0.25, 0.3) is 0 Å². The number of benzene rings is 1. The fourth-order valence-electron chi connectivity index (χ4n) is 3.02. The van der Waals surface area contributed by atoms with Crippen LogP contribution in [0, 0.1) is 0 Å². The molecule has 1 heteroatoms. The molecule has 0 bridgehead atoms. The third-order valence-electron chi connectivity index (χ3n) is 3.89. The van der Waals surface area contributed by atoms with E-state index in [0.717, 1.165) is 12.8 Å². The van der Waals surface area contributed by atoms with Gasteiger partial charge in [0.2, 0.25) is 0 Å². The lowest BCUT2D eigenvalue weighted by Gasteiger charge is -2.25. The Bertz CT molecular complexity index is 381. The summed E-state index contributed by atoms with van der Waals surface area (Å²) in [6, 6.07) is 4.65. The van der Waals surface area contributed by atoms with Crippen LogP contribution >= 0.6 is 0 Å². The highest BCUT2D eigenvalue weighted by atomic mass is 16.3. The van der Waals surface area contributed by atoms with E-state index in [1.807, 2.05) is 0 Å². The standard InChI is InChI=1S/C14H18O/c15-14-7-3-6-12-8-10-4-1-2-5-11(10)9-13(12)14/h8-9,14-15H,1-7H2/t14-/m0/s1. The maximum absolute atomic E-state index is 9.96. The summed E-state index contributed by atoms with van der Waals surface area (Å²) in [5.41, 5.74) is 5.69. The molecule has 3 rings (SSSR count). The van der Waals surface area contributed by atoms with Crippen molar-refractivity contribution in [1.82, 2.24) is 0 Å². The number of aliphatic hydroxyl groups is 1. The minimum absolute atomic E-state index is 0.194. The summed E-state index contributed by atoms with van der Waals surface area (Å²) in [5, 5.41) is 9.96. The van der Waals surface area contributed by atoms with Gasteiger partial charge in [-0.15, -0.1) is 0 Å². The monoisotopic (exact) mass is 202 g/mol. The summed E-state index contributed by atoms with van der Waals surface area (Å²) in [6.45, 7) is 0. The summed E-state index contributed by atoms with van der Waals surface area (Å²) in [4.78, 5) is 0. The van der Waals surface area contributed by atoms with E-state index in [4.69, 9.17) is 0 Å². The van der Waals surface area contributed by atoms with Gasteiger partial charge in [-0.1, -0.05) is 12.1 Å². The predicted molar refractivity (Wildman–Crippen MR) is 61.0 cm³/mol. The van der Waals surface area contributed by atoms with E-state index in [1.54, 1.807) is 5.56 Å². The van der Waals surface area contributed by atoms with Gasteiger partial charge in [-0.3, -0.25) is 0 Å². The molecule has 80 valence electrons. The molecular weight excluding hydrogens is 184 g/mol. The van der Waals surface area contributed by atoms with E-state index in [1.165, 1.54) is 48.8 Å². The van der Waals surface area contributed by atoms with Crippen LogP contribution in [0.3, 0.4) is 0 Å². The number of aryl methyl sites for hydroxylation is 3. The van der Waals surface area contributed by atoms with E-state index in [2.05, 4.69) is 12.1 Å². The molecule has 15 heavy (non-hydrogen) atoms. The van der Waals surface area contributed by atoms with E-state index >= 15 is 0 Å². The van der Waals surface area contributed by atoms with Crippen molar-refractivity contribution < 1.29 is 5.11 Å². The van der Waals surface area contributed by atoms with Crippen LogP contribution in [0.1, 0.15) is 54.0 Å². The van der Waals surface area contributed by atoms with E-state index in [9.17, 15) is 5.11 Å². The van der Waals surface area contributed by atoms with E-state index in [0.29, 0.717) is 0 Å². The molecule has 0 saturated heterocycles. The maximum atomic E-state index is 9.96. The fourth-order valence-corrected chi connectivity index (χ4v) is 3.02. The van der Waals surface area contributed by atoms with Gasteiger partial charge in [0, 0.05) is 0 Å². The zero-order chi connectivity index (χ0) is 10.3. The first-order valence-electron chi connectivity index (χ1n) is 6.17. The van der Waals surface area contributed by atoms with Crippen molar-refractivity contribution in [3.63, 3.8) is 0 Å². The minimum Gasteiger partial charge on any atom is -0.388 e. The third-order valence-corrected chi connectivity index (χ3v) is 3.89. The second kappa shape index (κ2) is 3.64. The van der Waals surface area contributed by atoms with Gasteiger partial charge in [0.25, 0.3) is 0 Å². The van der Waals surface area contributed by atoms with Crippen LogP contribution in [0.15, 0.2) is 12.1 Å². The topological polar surface area (TPSA) is 20.2 Å². The van der Waals surface area contributed by atoms with Gasteiger partial charge in [0.1, 0.15) is 0 Å². The first kappa shape index (κ1) is 9.41. The van der Waals surface area contributed by atoms with Crippen LogP contribution in [-0.4, -0.2) is 5.11 Å². The fraction of sp³-hybridized carbons (Fsp3) is 0.571. The highest BCUT2D eigenvalue weighted by Crippen LogP contribution is 2.34. The Labute approximate surface area is 91.1 Å². The Morgan fingerprint density at radius 3 is 2.33 bits per heavy atom. The van der Waals surface area contributed by atoms with Gasteiger partial charge < -0.3 is 5.11 Å². The molecule has 1 atom stereocenters. The van der Waals surface area contributed by atoms with Crippen molar-refractivity contribution in [1.29, 1.82) is 0 Å². The second-order valence-electron chi connectivity index (χ2n) is 4.93. The summed E-state index contributed by atoms with van der Waals surface area (Å²) in [5.74, 6) is 0. The Morgan fingerprint density at radius 1 is 0.867 bits per heavy atom. The SMILES string of the molecule is O[C@H]1CCCc2cc3c(cc21)CCCC3. The Hall–Kier alpha value is -0.820. The molecule has 0 amide bonds. The first-order valence-corrected chi connectivity index (χ1v) is 6.17. The largest absolute Gasteiger partial charge is 0.388 e. The molecule has 0 aromatic heterocycles. The van der Waals surface area contributed by atoms with E-state index in [-0.39, 0.29) is 6.10 Å². The summed E-state index contributed by atoms with van der Waals surface area (Å²) >= 11 is 0. The molecule has 0 heterocycles. The van der Waals surface area contributed by atoms with Crippen molar-refractivity contribution in [3.8, 4) is 0 Å². The zero-order valence-electron chi connectivity index (χ0n) is 9.13. The van der Waals surface area contributed by atoms with Crippen molar-refractivity contribution in [2.45, 2.75) is 51.0 Å². The van der Waals surface area contributed by atoms with Crippen molar-refractivity contribution in [3.05, 3.63) is 34.4 Å². The van der Waals surface area contributed by atoms with Crippen molar-refractivity contribution >= 4 is 0 Å². The summed E-state index contributed by atoms with van der Waals surface area (Å²) in [6.07, 6.45) is 8.20. The maximum Gasteiger partial charge on any atom is 0.0792 e. The Morgan fingerprint density at radius 2 is 1.53 bits per heavy atom. The number of aliphatic hydroxyl groups excluding tert-OH is 1. The van der Waals surface area contributed by atoms with Crippen LogP contribution in [0.5, 0.6) is 0 Å². The Kier molecular flexibility index (Phi) is 2.28. The molecule has 0 unspecified atom stereocenters. The Balaban J connectivity index is 2.08. The number of hydrogen-bond donors (Lipinski definition) is 1. The molecule has 1 nitrogen and oxygen atoms in total. The minimum atomic E-state index is -0.194. The molecule has 2 aliphatic carbocycles. The number of fused-ring (bicyclic) bond motifs is 2. The highest BCUT2D eigenvalue weighted by molar-refractivity contribution is 5.42. The van der Waals surface area contributed by atoms with Gasteiger partial charge in [0.05, 0.1) is 6.10 Å². The second-order valence-corrected chi connectivity index (χ2v) is 4.93. The summed E-state index contributed by atoms with van der Waals surface area (Å²) in [7, 11) is 0. The van der Waals surface area contributed by atoms with Gasteiger partial charge in [-0.25, -0.2) is 0 Å². The molecule has 0 saturated carbocycles. The smallest absolute Gasteiger partial charge is 0.0792 e. The lowest BCUT2D eigenvalue weighted by atomic mass is 9.82. The number of hydrogen-bond acceptors (Lipinski definition) is 1. The van der Waals surface area contributed by atoms with Gasteiger partial charge in [-0.2, -0.15) is 0 Å². The van der Waals surface area contributed by atoms with Crippen LogP contribution in [-0.2, 0) is 19.3 Å². The van der Waals surface area contributed by atoms with E-state index < -0.39 is 0 Å². The molecular formula is C14H18O. The molecule has 0 radical (unpaired) electrons. The number of rotatable bonds is 0. The molecule has 2 aliphatic rings. The zero-order valence-corrected chi connectivity index (χ0v) is 9.13. The average Bonchev–Trinajstić information content (AvgIpc) is 2.27. The van der Waals surface area contributed by atoms with Gasteiger partial charge in [0.15, 0.2) is 0 Å². The predicted octanol–water partition coefficient (Wildman–Crippen LogP) is 2.94. The quantitative estimate of drug-likeness (QED) is 0.685. The molecule has 0 aliphatic heterocycles. The van der Waals surface area contributed by atoms with Crippen molar-refractivity contribution in [2.24, 2.45) is 0 Å². The van der Waals surface area contributed by atoms with Crippen LogP contribution < -0.4 is 0 Å². The van der Waals surface area contributed by atoms with Crippen molar-refractivity contribution in [2.75, 3.05) is 0 Å². The van der Waals surface area contributed by atoms with Crippen LogP contribution in [0.2, 0.25) is 0 Å². The van der Waals surface area contributed by atoms with Gasteiger partial charge in [-0.05, 0) is 67.2 Å². The summed E-state index contributed by atoms with van der Waals surface area (Å²) < 4.78 is 0. The highest BCUT2D eigenvalue weighted by Gasteiger charge is 2.20. The molecule has 1 aromatic rings. The lowest BCUT2D eigenvalue weighted by molar-refractivity contribution is 0.156. The normalized spacial score (nSPS) is 24.5. The molecule has 0 spiro atoms. The third kappa shape index (κ3) is 1.59. The molecule has 0 fully saturated rings.